The molecule has 0 unspecified atom stereocenters. The molecule has 2 N–H and O–H groups in total. The lowest BCUT2D eigenvalue weighted by Crippen LogP contribution is -2.46. The molecule has 1 atom stereocenters. The lowest BCUT2D eigenvalue weighted by molar-refractivity contribution is 0.0493. The second-order valence-corrected chi connectivity index (χ2v) is 8.69. The lowest BCUT2D eigenvalue weighted by atomic mass is 9.93. The minimum Gasteiger partial charge on any atom is -0.390 e. The summed E-state index contributed by atoms with van der Waals surface area (Å²) in [5.41, 5.74) is 6.89. The topological polar surface area (TPSA) is 55.8 Å². The Kier molecular flexibility index (Phi) is 5.62. The Morgan fingerprint density at radius 1 is 1.00 bits per heavy atom. The van der Waals surface area contributed by atoms with Crippen LogP contribution < -0.4 is 5.32 Å². The third-order valence-corrected chi connectivity index (χ3v) is 6.51. The molecule has 0 saturated heterocycles. The summed E-state index contributed by atoms with van der Waals surface area (Å²) in [7, 11) is 0. The Hall–Kier alpha value is -2.89. The second-order valence-electron chi connectivity index (χ2n) is 8.69. The molecule has 0 aliphatic carbocycles. The summed E-state index contributed by atoms with van der Waals surface area (Å²) in [6, 6.07) is 14.6. The predicted octanol–water partition coefficient (Wildman–Crippen LogP) is 2.60. The molecule has 0 fully saturated rings. The summed E-state index contributed by atoms with van der Waals surface area (Å²) in [5, 5.41) is 14.0. The van der Waals surface area contributed by atoms with Crippen molar-refractivity contribution in [3.8, 4) is 0 Å². The van der Waals surface area contributed by atoms with E-state index in [1.54, 1.807) is 0 Å². The molecule has 0 radical (unpaired) electrons. The lowest BCUT2D eigenvalue weighted by Gasteiger charge is -2.34. The summed E-state index contributed by atoms with van der Waals surface area (Å²) >= 11 is 0. The first-order valence-corrected chi connectivity index (χ1v) is 11.2. The van der Waals surface area contributed by atoms with Crippen molar-refractivity contribution >= 4 is 11.5 Å². The number of nitrogens with one attached hydrogen (secondary N) is 1. The van der Waals surface area contributed by atoms with Crippen LogP contribution in [0.3, 0.4) is 0 Å². The van der Waals surface area contributed by atoms with Crippen molar-refractivity contribution in [3.63, 3.8) is 0 Å². The Bertz CT molecular complexity index is 1040. The summed E-state index contributed by atoms with van der Waals surface area (Å²) in [5.74, 6) is 0.0298. The maximum absolute atomic E-state index is 13.1. The zero-order chi connectivity index (χ0) is 21.2. The fraction of sp³-hybridized carbons (Fsp3) is 0.346. The smallest absolute Gasteiger partial charge is 0.254 e. The van der Waals surface area contributed by atoms with Crippen molar-refractivity contribution in [2.24, 2.45) is 0 Å². The number of hydrogen-bond donors (Lipinski definition) is 2. The van der Waals surface area contributed by atoms with Gasteiger partial charge in [-0.1, -0.05) is 48.6 Å². The summed E-state index contributed by atoms with van der Waals surface area (Å²) in [6.07, 6.45) is 7.53. The van der Waals surface area contributed by atoms with Crippen LogP contribution >= 0.6 is 0 Å². The standard InChI is InChI=1S/C26H29N3O2/c30-24(17-28-12-9-19-4-1-2-5-23(19)16-28)18-29-13-10-21-14-20(7-8-25(21)26(29)31)22-6-3-11-27-15-22/h1-8,14-15,24,27,30H,9-13,16-18H2/t24-/m1/s1. The molecule has 0 bridgehead atoms. The molecule has 3 aliphatic heterocycles. The molecular weight excluding hydrogens is 386 g/mol. The molecule has 2 aromatic rings. The molecule has 0 saturated carbocycles. The van der Waals surface area contributed by atoms with Gasteiger partial charge in [0.1, 0.15) is 0 Å². The van der Waals surface area contributed by atoms with Crippen LogP contribution in [-0.2, 0) is 19.4 Å². The van der Waals surface area contributed by atoms with Gasteiger partial charge in [-0.2, -0.15) is 0 Å². The van der Waals surface area contributed by atoms with Crippen LogP contribution in [0.2, 0.25) is 0 Å². The SMILES string of the molecule is O=C1c2ccc(C3=CNCC=C3)cc2CCN1C[C@H](O)CN1CCc2ccccc2C1. The molecule has 5 nitrogen and oxygen atoms in total. The first-order chi connectivity index (χ1) is 15.2. The van der Waals surface area contributed by atoms with Crippen molar-refractivity contribution in [3.05, 3.63) is 88.6 Å². The van der Waals surface area contributed by atoms with Gasteiger partial charge in [-0.05, 0) is 46.7 Å². The average molecular weight is 416 g/mol. The highest BCUT2D eigenvalue weighted by Crippen LogP contribution is 2.25. The van der Waals surface area contributed by atoms with E-state index in [9.17, 15) is 9.90 Å². The van der Waals surface area contributed by atoms with Gasteiger partial charge in [-0.15, -0.1) is 0 Å². The molecule has 5 rings (SSSR count). The highest BCUT2D eigenvalue weighted by atomic mass is 16.3. The second kappa shape index (κ2) is 8.69. The zero-order valence-electron chi connectivity index (χ0n) is 17.8. The van der Waals surface area contributed by atoms with E-state index >= 15 is 0 Å². The normalized spacial score (nSPS) is 19.3. The van der Waals surface area contributed by atoms with Crippen molar-refractivity contribution in [2.45, 2.75) is 25.5 Å². The molecule has 1 amide bonds. The van der Waals surface area contributed by atoms with Crippen molar-refractivity contribution in [2.75, 3.05) is 32.7 Å². The van der Waals surface area contributed by atoms with Gasteiger partial charge in [0.25, 0.3) is 5.91 Å². The summed E-state index contributed by atoms with van der Waals surface area (Å²) < 4.78 is 0. The maximum atomic E-state index is 13.1. The highest BCUT2D eigenvalue weighted by molar-refractivity contribution is 5.97. The van der Waals surface area contributed by atoms with Crippen molar-refractivity contribution < 1.29 is 9.90 Å². The van der Waals surface area contributed by atoms with E-state index < -0.39 is 6.10 Å². The number of allylic oxidation sites excluding steroid dienone is 2. The van der Waals surface area contributed by atoms with E-state index in [4.69, 9.17) is 0 Å². The monoisotopic (exact) mass is 415 g/mol. The van der Waals surface area contributed by atoms with Gasteiger partial charge in [-0.25, -0.2) is 0 Å². The van der Waals surface area contributed by atoms with E-state index in [1.807, 2.05) is 23.2 Å². The van der Waals surface area contributed by atoms with Crippen molar-refractivity contribution in [1.82, 2.24) is 15.1 Å². The van der Waals surface area contributed by atoms with Gasteiger partial charge < -0.3 is 15.3 Å². The van der Waals surface area contributed by atoms with E-state index in [-0.39, 0.29) is 5.91 Å². The fourth-order valence-electron chi connectivity index (χ4n) is 4.86. The number of aliphatic hydroxyl groups excluding tert-OH is 1. The minimum absolute atomic E-state index is 0.0298. The number of β-amino-alcohol motifs (C(OH)–C–C–N with tert-alkyl or cyclic N) is 1. The average Bonchev–Trinajstić information content (AvgIpc) is 2.81. The van der Waals surface area contributed by atoms with E-state index in [1.165, 1.54) is 11.1 Å². The number of dihydropyridines is 1. The maximum Gasteiger partial charge on any atom is 0.254 e. The minimum atomic E-state index is -0.543. The largest absolute Gasteiger partial charge is 0.390 e. The van der Waals surface area contributed by atoms with Crippen LogP contribution in [0.4, 0.5) is 0 Å². The molecule has 31 heavy (non-hydrogen) atoms. The quantitative estimate of drug-likeness (QED) is 0.788. The molecule has 0 aromatic heterocycles. The number of rotatable bonds is 5. The first-order valence-electron chi connectivity index (χ1n) is 11.2. The third kappa shape index (κ3) is 4.29. The van der Waals surface area contributed by atoms with Gasteiger partial charge in [0.2, 0.25) is 0 Å². The number of carbonyl (C=O) groups is 1. The van der Waals surface area contributed by atoms with Crippen molar-refractivity contribution in [1.29, 1.82) is 0 Å². The molecule has 2 aromatic carbocycles. The Labute approximate surface area is 183 Å². The van der Waals surface area contributed by atoms with E-state index in [0.29, 0.717) is 19.6 Å². The van der Waals surface area contributed by atoms with E-state index in [2.05, 4.69) is 52.7 Å². The van der Waals surface area contributed by atoms with Crippen LogP contribution in [0.1, 0.15) is 32.6 Å². The molecule has 160 valence electrons. The Morgan fingerprint density at radius 2 is 1.84 bits per heavy atom. The molecule has 5 heteroatoms. The Balaban J connectivity index is 1.21. The van der Waals surface area contributed by atoms with Crippen LogP contribution in [0.15, 0.2) is 60.8 Å². The number of nitrogens with zero attached hydrogens (tertiary/aromatic N) is 2. The van der Waals surface area contributed by atoms with Gasteiger partial charge >= 0.3 is 0 Å². The number of hydrogen-bond acceptors (Lipinski definition) is 4. The number of aliphatic hydroxyl groups is 1. The van der Waals surface area contributed by atoms with Gasteiger partial charge in [0.15, 0.2) is 0 Å². The Morgan fingerprint density at radius 3 is 2.68 bits per heavy atom. The molecule has 3 heterocycles. The van der Waals surface area contributed by atoms with Crippen LogP contribution in [0, 0.1) is 0 Å². The first kappa shape index (κ1) is 20.0. The highest BCUT2D eigenvalue weighted by Gasteiger charge is 2.27. The predicted molar refractivity (Wildman–Crippen MR) is 123 cm³/mol. The molecule has 0 spiro atoms. The number of amides is 1. The summed E-state index contributed by atoms with van der Waals surface area (Å²) in [6.45, 7) is 4.31. The zero-order valence-corrected chi connectivity index (χ0v) is 17.8. The summed E-state index contributed by atoms with van der Waals surface area (Å²) in [4.78, 5) is 17.2. The number of fused-ring (bicyclic) bond motifs is 2. The molecular formula is C26H29N3O2. The fourth-order valence-corrected chi connectivity index (χ4v) is 4.86. The van der Waals surface area contributed by atoms with Gasteiger partial charge in [0, 0.05) is 51.0 Å². The van der Waals surface area contributed by atoms with Gasteiger partial charge in [-0.3, -0.25) is 9.69 Å². The number of carbonyl (C=O) groups excluding carboxylic acids is 1. The molecule has 3 aliphatic rings. The van der Waals surface area contributed by atoms with Crippen LogP contribution in [0.5, 0.6) is 0 Å². The van der Waals surface area contributed by atoms with Crippen LogP contribution in [-0.4, -0.2) is 59.6 Å². The van der Waals surface area contributed by atoms with E-state index in [0.717, 1.165) is 54.7 Å². The van der Waals surface area contributed by atoms with Crippen LogP contribution in [0.25, 0.3) is 5.57 Å². The third-order valence-electron chi connectivity index (χ3n) is 6.51. The number of benzene rings is 2. The van der Waals surface area contributed by atoms with Gasteiger partial charge in [0.05, 0.1) is 6.10 Å².